The largest absolute Gasteiger partial charge is 0.482 e. The predicted molar refractivity (Wildman–Crippen MR) is 101 cm³/mol. The van der Waals surface area contributed by atoms with Crippen LogP contribution >= 0.6 is 11.6 Å². The molecule has 1 saturated heterocycles. The Morgan fingerprint density at radius 1 is 1.35 bits per heavy atom. The Balaban J connectivity index is 1.61. The van der Waals surface area contributed by atoms with Crippen LogP contribution in [0.2, 0.25) is 5.02 Å². The number of benzene rings is 1. The summed E-state index contributed by atoms with van der Waals surface area (Å²) in [4.78, 5) is 26.0. The summed E-state index contributed by atoms with van der Waals surface area (Å²) < 4.78 is 10.7. The molecule has 140 valence electrons. The summed E-state index contributed by atoms with van der Waals surface area (Å²) in [5.41, 5.74) is 0.738. The van der Waals surface area contributed by atoms with E-state index in [1.807, 2.05) is 6.92 Å². The molecule has 26 heavy (non-hydrogen) atoms. The van der Waals surface area contributed by atoms with Crippen molar-refractivity contribution in [3.63, 3.8) is 0 Å². The van der Waals surface area contributed by atoms with Gasteiger partial charge in [-0.05, 0) is 37.9 Å². The third-order valence-corrected chi connectivity index (χ3v) is 5.06. The molecule has 0 unspecified atom stereocenters. The highest BCUT2D eigenvalue weighted by molar-refractivity contribution is 6.32. The Morgan fingerprint density at radius 3 is 2.77 bits per heavy atom. The first-order valence-corrected chi connectivity index (χ1v) is 9.22. The van der Waals surface area contributed by atoms with Crippen molar-refractivity contribution in [2.75, 3.05) is 26.2 Å². The molecule has 1 aliphatic heterocycles. The van der Waals surface area contributed by atoms with Gasteiger partial charge in [0.15, 0.2) is 6.61 Å². The SMILES string of the molecule is CCN1CCC(NC(=O)COc2cc3oc(=O)cc(C)c3cc2Cl)CC1. The number of piperidine rings is 1. The summed E-state index contributed by atoms with van der Waals surface area (Å²) in [6.07, 6.45) is 1.89. The van der Waals surface area contributed by atoms with E-state index in [-0.39, 0.29) is 18.6 Å². The van der Waals surface area contributed by atoms with Crippen LogP contribution in [0.5, 0.6) is 5.75 Å². The highest BCUT2D eigenvalue weighted by Gasteiger charge is 2.20. The number of nitrogens with zero attached hydrogens (tertiary/aromatic N) is 1. The van der Waals surface area contributed by atoms with Gasteiger partial charge >= 0.3 is 5.63 Å². The van der Waals surface area contributed by atoms with Crippen molar-refractivity contribution in [1.29, 1.82) is 0 Å². The highest BCUT2D eigenvalue weighted by Crippen LogP contribution is 2.30. The van der Waals surface area contributed by atoms with Crippen molar-refractivity contribution in [3.8, 4) is 5.75 Å². The molecule has 1 amide bonds. The minimum atomic E-state index is -0.431. The van der Waals surface area contributed by atoms with Crippen molar-refractivity contribution in [1.82, 2.24) is 10.2 Å². The topological polar surface area (TPSA) is 71.8 Å². The summed E-state index contributed by atoms with van der Waals surface area (Å²) >= 11 is 6.24. The highest BCUT2D eigenvalue weighted by atomic mass is 35.5. The zero-order chi connectivity index (χ0) is 18.7. The van der Waals surface area contributed by atoms with Crippen LogP contribution in [0.4, 0.5) is 0 Å². The smallest absolute Gasteiger partial charge is 0.336 e. The number of ether oxygens (including phenoxy) is 1. The van der Waals surface area contributed by atoms with Gasteiger partial charge in [0.1, 0.15) is 11.3 Å². The van der Waals surface area contributed by atoms with Crippen LogP contribution in [0.1, 0.15) is 25.3 Å². The average molecular weight is 379 g/mol. The minimum Gasteiger partial charge on any atom is -0.482 e. The van der Waals surface area contributed by atoms with Crippen LogP contribution in [-0.4, -0.2) is 43.1 Å². The summed E-state index contributed by atoms with van der Waals surface area (Å²) in [6, 6.07) is 4.83. The lowest BCUT2D eigenvalue weighted by Crippen LogP contribution is -2.45. The van der Waals surface area contributed by atoms with E-state index in [4.69, 9.17) is 20.8 Å². The van der Waals surface area contributed by atoms with E-state index in [0.29, 0.717) is 16.4 Å². The van der Waals surface area contributed by atoms with E-state index in [1.54, 1.807) is 12.1 Å². The van der Waals surface area contributed by atoms with Crippen molar-refractivity contribution in [3.05, 3.63) is 39.2 Å². The van der Waals surface area contributed by atoms with Gasteiger partial charge in [-0.25, -0.2) is 4.79 Å². The Labute approximate surface area is 157 Å². The van der Waals surface area contributed by atoms with Gasteiger partial charge < -0.3 is 19.4 Å². The molecule has 0 saturated carbocycles. The Morgan fingerprint density at radius 2 is 2.08 bits per heavy atom. The first-order chi connectivity index (χ1) is 12.5. The maximum atomic E-state index is 12.2. The Kier molecular flexibility index (Phi) is 5.84. The average Bonchev–Trinajstić information content (AvgIpc) is 2.61. The van der Waals surface area contributed by atoms with Gasteiger partial charge in [-0.3, -0.25) is 4.79 Å². The molecule has 1 aliphatic rings. The van der Waals surface area contributed by atoms with Gasteiger partial charge in [0, 0.05) is 36.7 Å². The van der Waals surface area contributed by atoms with Crippen LogP contribution in [0.25, 0.3) is 11.0 Å². The first-order valence-electron chi connectivity index (χ1n) is 8.84. The van der Waals surface area contributed by atoms with Crippen molar-refractivity contribution in [2.45, 2.75) is 32.7 Å². The molecular formula is C19H23ClN2O4. The van der Waals surface area contributed by atoms with Gasteiger partial charge in [0.25, 0.3) is 5.91 Å². The number of carbonyl (C=O) groups excluding carboxylic acids is 1. The van der Waals surface area contributed by atoms with Gasteiger partial charge in [0.2, 0.25) is 0 Å². The summed E-state index contributed by atoms with van der Waals surface area (Å²) in [6.45, 7) is 6.86. The van der Waals surface area contributed by atoms with Crippen LogP contribution in [0.15, 0.2) is 27.4 Å². The normalized spacial score (nSPS) is 16.0. The van der Waals surface area contributed by atoms with Gasteiger partial charge in [-0.15, -0.1) is 0 Å². The van der Waals surface area contributed by atoms with Crippen LogP contribution < -0.4 is 15.7 Å². The lowest BCUT2D eigenvalue weighted by atomic mass is 10.1. The molecule has 0 aliphatic carbocycles. The maximum absolute atomic E-state index is 12.2. The number of nitrogens with one attached hydrogen (secondary N) is 1. The lowest BCUT2D eigenvalue weighted by Gasteiger charge is -2.31. The predicted octanol–water partition coefficient (Wildman–Crippen LogP) is 2.73. The monoisotopic (exact) mass is 378 g/mol. The Hall–Kier alpha value is -2.05. The molecule has 0 atom stereocenters. The number of fused-ring (bicyclic) bond motifs is 1. The Bertz CT molecular complexity index is 856. The van der Waals surface area contributed by atoms with Crippen molar-refractivity contribution >= 4 is 28.5 Å². The molecule has 7 heteroatoms. The molecule has 1 N–H and O–H groups in total. The number of rotatable bonds is 5. The second kappa shape index (κ2) is 8.10. The number of hydrogen-bond donors (Lipinski definition) is 1. The van der Waals surface area contributed by atoms with Gasteiger partial charge in [0.05, 0.1) is 5.02 Å². The fourth-order valence-electron chi connectivity index (χ4n) is 3.24. The van der Waals surface area contributed by atoms with E-state index in [1.165, 1.54) is 6.07 Å². The van der Waals surface area contributed by atoms with E-state index in [9.17, 15) is 9.59 Å². The minimum absolute atomic E-state index is 0.130. The second-order valence-electron chi connectivity index (χ2n) is 6.59. The van der Waals surface area contributed by atoms with Crippen molar-refractivity contribution in [2.24, 2.45) is 0 Å². The lowest BCUT2D eigenvalue weighted by molar-refractivity contribution is -0.124. The van der Waals surface area contributed by atoms with Crippen LogP contribution in [0, 0.1) is 6.92 Å². The molecule has 3 rings (SSSR count). The molecular weight excluding hydrogens is 356 g/mol. The van der Waals surface area contributed by atoms with E-state index in [2.05, 4.69) is 17.1 Å². The summed E-state index contributed by atoms with van der Waals surface area (Å²) in [5, 5.41) is 4.12. The number of hydrogen-bond acceptors (Lipinski definition) is 5. The number of carbonyl (C=O) groups is 1. The fraction of sp³-hybridized carbons (Fsp3) is 0.474. The summed E-state index contributed by atoms with van der Waals surface area (Å²) in [7, 11) is 0. The van der Waals surface area contributed by atoms with E-state index in [0.717, 1.165) is 43.4 Å². The molecule has 2 heterocycles. The molecule has 2 aromatic rings. The standard InChI is InChI=1S/C19H23ClN2O4/c1-3-22-6-4-13(5-7-22)21-18(23)11-25-17-10-16-14(9-15(17)20)12(2)8-19(24)26-16/h8-10,13H,3-7,11H2,1-2H3,(H,21,23). The molecule has 1 aromatic heterocycles. The fourth-order valence-corrected chi connectivity index (χ4v) is 3.45. The van der Waals surface area contributed by atoms with Crippen LogP contribution in [0.3, 0.4) is 0 Å². The molecule has 6 nitrogen and oxygen atoms in total. The van der Waals surface area contributed by atoms with E-state index < -0.39 is 5.63 Å². The molecule has 0 radical (unpaired) electrons. The van der Waals surface area contributed by atoms with E-state index >= 15 is 0 Å². The number of amides is 1. The zero-order valence-corrected chi connectivity index (χ0v) is 15.8. The molecule has 0 spiro atoms. The molecule has 1 fully saturated rings. The molecule has 0 bridgehead atoms. The van der Waals surface area contributed by atoms with Gasteiger partial charge in [-0.1, -0.05) is 18.5 Å². The quantitative estimate of drug-likeness (QED) is 0.810. The van der Waals surface area contributed by atoms with Gasteiger partial charge in [-0.2, -0.15) is 0 Å². The van der Waals surface area contributed by atoms with Crippen LogP contribution in [-0.2, 0) is 4.79 Å². The third kappa shape index (κ3) is 4.37. The number of likely N-dealkylation sites (tertiary alicyclic amines) is 1. The molecule has 1 aromatic carbocycles. The second-order valence-corrected chi connectivity index (χ2v) is 7.00. The first kappa shape index (κ1) is 18.7. The number of halogens is 1. The third-order valence-electron chi connectivity index (χ3n) is 4.76. The van der Waals surface area contributed by atoms with Crippen molar-refractivity contribution < 1.29 is 13.9 Å². The number of aryl methyl sites for hydroxylation is 1. The summed E-state index contributed by atoms with van der Waals surface area (Å²) in [5.74, 6) is 0.144. The zero-order valence-electron chi connectivity index (χ0n) is 15.0. The maximum Gasteiger partial charge on any atom is 0.336 e.